The van der Waals surface area contributed by atoms with Crippen molar-refractivity contribution < 1.29 is 14.1 Å². The van der Waals surface area contributed by atoms with Crippen LogP contribution in [0.15, 0.2) is 28.8 Å². The SMILES string of the molecule is COCCCNC(=O)C1CCCN(Cc2nc(-c3ccc(C)cc3)no2)C1. The van der Waals surface area contributed by atoms with E-state index in [1.807, 2.05) is 31.2 Å². The van der Waals surface area contributed by atoms with Crippen LogP contribution in [0.1, 0.15) is 30.7 Å². The van der Waals surface area contributed by atoms with Crippen LogP contribution in [0.5, 0.6) is 0 Å². The standard InChI is InChI=1S/C20H28N4O3/c1-15-6-8-16(9-7-15)19-22-18(27-23-19)14-24-11-3-5-17(13-24)20(25)21-10-4-12-26-2/h6-9,17H,3-5,10-14H2,1-2H3,(H,21,25). The van der Waals surface area contributed by atoms with Crippen LogP contribution in [-0.2, 0) is 16.1 Å². The molecule has 1 atom stereocenters. The summed E-state index contributed by atoms with van der Waals surface area (Å²) in [4.78, 5) is 19.1. The fourth-order valence-corrected chi connectivity index (χ4v) is 3.32. The van der Waals surface area contributed by atoms with Crippen molar-refractivity contribution in [3.05, 3.63) is 35.7 Å². The van der Waals surface area contributed by atoms with Crippen LogP contribution in [0.4, 0.5) is 0 Å². The number of nitrogens with one attached hydrogen (secondary N) is 1. The van der Waals surface area contributed by atoms with Crippen LogP contribution in [0, 0.1) is 12.8 Å². The van der Waals surface area contributed by atoms with Gasteiger partial charge >= 0.3 is 0 Å². The van der Waals surface area contributed by atoms with Crippen LogP contribution in [0.2, 0.25) is 0 Å². The first kappa shape index (κ1) is 19.5. The van der Waals surface area contributed by atoms with E-state index in [-0.39, 0.29) is 11.8 Å². The number of carbonyl (C=O) groups is 1. The first-order chi connectivity index (χ1) is 13.2. The number of carbonyl (C=O) groups excluding carboxylic acids is 1. The zero-order valence-electron chi connectivity index (χ0n) is 16.1. The van der Waals surface area contributed by atoms with Gasteiger partial charge in [0, 0.05) is 32.4 Å². The minimum absolute atomic E-state index is 0.0146. The number of piperidine rings is 1. The summed E-state index contributed by atoms with van der Waals surface area (Å²) in [5.74, 6) is 1.34. The maximum Gasteiger partial charge on any atom is 0.241 e. The van der Waals surface area contributed by atoms with E-state index in [1.165, 1.54) is 5.56 Å². The van der Waals surface area contributed by atoms with Crippen LogP contribution in [-0.4, -0.2) is 54.3 Å². The van der Waals surface area contributed by atoms with Gasteiger partial charge in [-0.3, -0.25) is 9.69 Å². The van der Waals surface area contributed by atoms with Gasteiger partial charge in [-0.2, -0.15) is 4.98 Å². The minimum Gasteiger partial charge on any atom is -0.385 e. The van der Waals surface area contributed by atoms with Gasteiger partial charge in [-0.25, -0.2) is 0 Å². The Kier molecular flexibility index (Phi) is 6.95. The van der Waals surface area contributed by atoms with Gasteiger partial charge in [-0.05, 0) is 32.7 Å². The molecule has 1 aliphatic heterocycles. The number of aryl methyl sites for hydroxylation is 1. The molecule has 27 heavy (non-hydrogen) atoms. The van der Waals surface area contributed by atoms with Crippen LogP contribution in [0.25, 0.3) is 11.4 Å². The molecule has 1 fully saturated rings. The molecule has 0 bridgehead atoms. The van der Waals surface area contributed by atoms with Gasteiger partial charge in [0.1, 0.15) is 0 Å². The van der Waals surface area contributed by atoms with Crippen LogP contribution >= 0.6 is 0 Å². The van der Waals surface area contributed by atoms with Gasteiger partial charge in [0.25, 0.3) is 0 Å². The van der Waals surface area contributed by atoms with Crippen molar-refractivity contribution in [1.82, 2.24) is 20.4 Å². The molecule has 1 aromatic carbocycles. The smallest absolute Gasteiger partial charge is 0.241 e. The largest absolute Gasteiger partial charge is 0.385 e. The first-order valence-electron chi connectivity index (χ1n) is 9.54. The van der Waals surface area contributed by atoms with Gasteiger partial charge in [0.2, 0.25) is 17.6 Å². The number of likely N-dealkylation sites (tertiary alicyclic amines) is 1. The van der Waals surface area contributed by atoms with Crippen LogP contribution in [0.3, 0.4) is 0 Å². The Morgan fingerprint density at radius 3 is 2.96 bits per heavy atom. The fraction of sp³-hybridized carbons (Fsp3) is 0.550. The highest BCUT2D eigenvalue weighted by molar-refractivity contribution is 5.78. The lowest BCUT2D eigenvalue weighted by molar-refractivity contribution is -0.126. The summed E-state index contributed by atoms with van der Waals surface area (Å²) < 4.78 is 10.4. The first-order valence-corrected chi connectivity index (χ1v) is 9.54. The second-order valence-corrected chi connectivity index (χ2v) is 7.09. The third-order valence-electron chi connectivity index (χ3n) is 4.84. The van der Waals surface area contributed by atoms with Gasteiger partial charge in [-0.15, -0.1) is 0 Å². The monoisotopic (exact) mass is 372 g/mol. The molecule has 146 valence electrons. The molecule has 2 aromatic rings. The maximum absolute atomic E-state index is 12.3. The normalized spacial score (nSPS) is 17.8. The molecule has 1 amide bonds. The Labute approximate surface area is 160 Å². The number of nitrogens with zero attached hydrogens (tertiary/aromatic N) is 3. The zero-order chi connectivity index (χ0) is 19.1. The Morgan fingerprint density at radius 1 is 1.37 bits per heavy atom. The van der Waals surface area contributed by atoms with E-state index in [1.54, 1.807) is 7.11 Å². The average Bonchev–Trinajstić information content (AvgIpc) is 3.14. The van der Waals surface area contributed by atoms with E-state index >= 15 is 0 Å². The number of methoxy groups -OCH3 is 1. The molecule has 7 nitrogen and oxygen atoms in total. The molecule has 1 saturated heterocycles. The van der Waals surface area contributed by atoms with E-state index < -0.39 is 0 Å². The van der Waals surface area contributed by atoms with E-state index in [0.29, 0.717) is 31.4 Å². The quantitative estimate of drug-likeness (QED) is 0.717. The Morgan fingerprint density at radius 2 is 2.19 bits per heavy atom. The maximum atomic E-state index is 12.3. The van der Waals surface area contributed by atoms with Crippen molar-refractivity contribution in [1.29, 1.82) is 0 Å². The summed E-state index contributed by atoms with van der Waals surface area (Å²) in [6.07, 6.45) is 2.75. The molecule has 1 aromatic heterocycles. The summed E-state index contributed by atoms with van der Waals surface area (Å²) >= 11 is 0. The molecule has 0 radical (unpaired) electrons. The Balaban J connectivity index is 1.52. The summed E-state index contributed by atoms with van der Waals surface area (Å²) in [5, 5.41) is 7.09. The molecule has 0 spiro atoms. The summed E-state index contributed by atoms with van der Waals surface area (Å²) in [6, 6.07) is 8.06. The van der Waals surface area contributed by atoms with E-state index in [4.69, 9.17) is 9.26 Å². The molecular weight excluding hydrogens is 344 g/mol. The minimum atomic E-state index is 0.0146. The predicted molar refractivity (Wildman–Crippen MR) is 102 cm³/mol. The Bertz CT molecular complexity index is 729. The highest BCUT2D eigenvalue weighted by Gasteiger charge is 2.26. The molecule has 1 aliphatic rings. The molecule has 0 aliphatic carbocycles. The molecule has 7 heteroatoms. The highest BCUT2D eigenvalue weighted by atomic mass is 16.5. The summed E-state index contributed by atoms with van der Waals surface area (Å²) in [5.41, 5.74) is 2.14. The van der Waals surface area contributed by atoms with Crippen LogP contribution < -0.4 is 5.32 Å². The van der Waals surface area contributed by atoms with Crippen molar-refractivity contribution >= 4 is 5.91 Å². The van der Waals surface area contributed by atoms with Crippen molar-refractivity contribution in [2.24, 2.45) is 5.92 Å². The second kappa shape index (κ2) is 9.62. The molecular formula is C20H28N4O3. The van der Waals surface area contributed by atoms with Crippen molar-refractivity contribution in [2.75, 3.05) is 33.4 Å². The number of rotatable bonds is 8. The second-order valence-electron chi connectivity index (χ2n) is 7.09. The summed E-state index contributed by atoms with van der Waals surface area (Å²) in [6.45, 7) is 5.61. The number of ether oxygens (including phenoxy) is 1. The number of hydrogen-bond donors (Lipinski definition) is 1. The number of aromatic nitrogens is 2. The zero-order valence-corrected chi connectivity index (χ0v) is 16.1. The van der Waals surface area contributed by atoms with Gasteiger partial charge < -0.3 is 14.6 Å². The summed E-state index contributed by atoms with van der Waals surface area (Å²) in [7, 11) is 1.67. The molecule has 0 saturated carbocycles. The lowest BCUT2D eigenvalue weighted by Gasteiger charge is -2.30. The number of amides is 1. The van der Waals surface area contributed by atoms with Gasteiger partial charge in [0.05, 0.1) is 12.5 Å². The molecule has 1 unspecified atom stereocenters. The topological polar surface area (TPSA) is 80.5 Å². The average molecular weight is 372 g/mol. The highest BCUT2D eigenvalue weighted by Crippen LogP contribution is 2.20. The third kappa shape index (κ3) is 5.61. The molecule has 2 heterocycles. The number of benzene rings is 1. The third-order valence-corrected chi connectivity index (χ3v) is 4.84. The molecule has 3 rings (SSSR count). The van der Waals surface area contributed by atoms with E-state index in [2.05, 4.69) is 20.4 Å². The lowest BCUT2D eigenvalue weighted by Crippen LogP contribution is -2.43. The van der Waals surface area contributed by atoms with Crippen molar-refractivity contribution in [3.8, 4) is 11.4 Å². The number of hydrogen-bond acceptors (Lipinski definition) is 6. The van der Waals surface area contributed by atoms with E-state index in [0.717, 1.165) is 37.9 Å². The Hall–Kier alpha value is -2.25. The van der Waals surface area contributed by atoms with E-state index in [9.17, 15) is 4.79 Å². The fourth-order valence-electron chi connectivity index (χ4n) is 3.32. The van der Waals surface area contributed by atoms with Crippen molar-refractivity contribution in [2.45, 2.75) is 32.7 Å². The van der Waals surface area contributed by atoms with Gasteiger partial charge in [-0.1, -0.05) is 35.0 Å². The van der Waals surface area contributed by atoms with Gasteiger partial charge in [0.15, 0.2) is 0 Å². The lowest BCUT2D eigenvalue weighted by atomic mass is 9.97. The van der Waals surface area contributed by atoms with Crippen molar-refractivity contribution in [3.63, 3.8) is 0 Å². The predicted octanol–water partition coefficient (Wildman–Crippen LogP) is 2.41. The molecule has 1 N–H and O–H groups in total.